The Morgan fingerprint density at radius 2 is 2.04 bits per heavy atom. The molecule has 1 amide bonds. The molecule has 2 rings (SSSR count). The number of nitrogens with one attached hydrogen (secondary N) is 1. The predicted octanol–water partition coefficient (Wildman–Crippen LogP) is 0.180. The first-order valence-electron chi connectivity index (χ1n) is 8.73. The number of ether oxygens (including phenoxy) is 1. The third-order valence-electron chi connectivity index (χ3n) is 5.18. The van der Waals surface area contributed by atoms with Gasteiger partial charge in [0, 0.05) is 19.2 Å². The molecule has 0 aromatic carbocycles. The first kappa shape index (κ1) is 19.2. The van der Waals surface area contributed by atoms with Crippen LogP contribution in [0.3, 0.4) is 0 Å². The van der Waals surface area contributed by atoms with Crippen molar-refractivity contribution in [2.45, 2.75) is 52.2 Å². The number of anilines is 1. The van der Waals surface area contributed by atoms with Gasteiger partial charge in [0.25, 0.3) is 5.56 Å². The molecule has 8 nitrogen and oxygen atoms in total. The quantitative estimate of drug-likeness (QED) is 0.759. The van der Waals surface area contributed by atoms with Gasteiger partial charge in [0.15, 0.2) is 0 Å². The van der Waals surface area contributed by atoms with Crippen molar-refractivity contribution >= 4 is 11.7 Å². The number of carbonyl (C=O) groups excluding carboxylic acids is 1. The molecule has 1 fully saturated rings. The standard InChI is InChI=1S/C17H28N4O4/c1-11-5-4-6-13(12(11)2)19-15(22)10-21-16(23)9-14(18)20(17(21)24)7-8-25-3/h9,11-13H,4-8,10,18H2,1-3H3,(H,19,22)/t11-,12-,13-/m1/s1. The number of nitrogens with two attached hydrogens (primary N) is 1. The summed E-state index contributed by atoms with van der Waals surface area (Å²) in [6.07, 6.45) is 3.16. The molecule has 3 N–H and O–H groups in total. The van der Waals surface area contributed by atoms with Crippen LogP contribution in [0.25, 0.3) is 0 Å². The minimum atomic E-state index is -0.595. The molecule has 0 unspecified atom stereocenters. The van der Waals surface area contributed by atoms with Gasteiger partial charge in [-0.3, -0.25) is 18.7 Å². The number of nitrogen functional groups attached to an aromatic ring is 1. The van der Waals surface area contributed by atoms with E-state index in [1.807, 2.05) is 0 Å². The lowest BCUT2D eigenvalue weighted by atomic mass is 9.78. The summed E-state index contributed by atoms with van der Waals surface area (Å²) in [6.45, 7) is 4.51. The maximum Gasteiger partial charge on any atom is 0.333 e. The summed E-state index contributed by atoms with van der Waals surface area (Å²) in [5, 5.41) is 2.98. The fourth-order valence-corrected chi connectivity index (χ4v) is 3.37. The number of hydrogen-bond donors (Lipinski definition) is 2. The highest BCUT2D eigenvalue weighted by Gasteiger charge is 2.28. The fraction of sp³-hybridized carbons (Fsp3) is 0.706. The minimum Gasteiger partial charge on any atom is -0.385 e. The van der Waals surface area contributed by atoms with Crippen molar-refractivity contribution in [1.29, 1.82) is 0 Å². The van der Waals surface area contributed by atoms with Gasteiger partial charge in [0.1, 0.15) is 12.4 Å². The molecule has 1 aromatic heterocycles. The number of nitrogens with zero attached hydrogens (tertiary/aromatic N) is 2. The lowest BCUT2D eigenvalue weighted by Crippen LogP contribution is -2.48. The smallest absolute Gasteiger partial charge is 0.333 e. The SMILES string of the molecule is COCCn1c(N)cc(=O)n(CC(=O)N[C@@H]2CCC[C@@H](C)[C@H]2C)c1=O. The number of amides is 1. The summed E-state index contributed by atoms with van der Waals surface area (Å²) in [5.74, 6) is 0.662. The van der Waals surface area contributed by atoms with Gasteiger partial charge in [0.2, 0.25) is 5.91 Å². The van der Waals surface area contributed by atoms with E-state index in [0.29, 0.717) is 11.8 Å². The Bertz CT molecular complexity index is 724. The third-order valence-corrected chi connectivity index (χ3v) is 5.18. The third kappa shape index (κ3) is 4.50. The number of carbonyl (C=O) groups is 1. The van der Waals surface area contributed by atoms with Crippen LogP contribution in [0.5, 0.6) is 0 Å². The molecular weight excluding hydrogens is 324 g/mol. The second-order valence-corrected chi connectivity index (χ2v) is 6.86. The normalized spacial score (nSPS) is 23.4. The van der Waals surface area contributed by atoms with Crippen LogP contribution in [-0.2, 0) is 22.6 Å². The van der Waals surface area contributed by atoms with Crippen molar-refractivity contribution in [1.82, 2.24) is 14.5 Å². The van der Waals surface area contributed by atoms with Gasteiger partial charge < -0.3 is 15.8 Å². The van der Waals surface area contributed by atoms with E-state index in [-0.39, 0.29) is 37.5 Å². The van der Waals surface area contributed by atoms with Crippen molar-refractivity contribution < 1.29 is 9.53 Å². The molecule has 0 spiro atoms. The van der Waals surface area contributed by atoms with E-state index in [1.54, 1.807) is 0 Å². The van der Waals surface area contributed by atoms with Crippen LogP contribution < -0.4 is 22.3 Å². The molecule has 1 aromatic rings. The molecule has 0 bridgehead atoms. The van der Waals surface area contributed by atoms with Crippen LogP contribution in [0.4, 0.5) is 5.82 Å². The maximum absolute atomic E-state index is 12.5. The fourth-order valence-electron chi connectivity index (χ4n) is 3.37. The number of hydrogen-bond acceptors (Lipinski definition) is 5. The average Bonchev–Trinajstić information content (AvgIpc) is 2.55. The lowest BCUT2D eigenvalue weighted by molar-refractivity contribution is -0.123. The topological polar surface area (TPSA) is 108 Å². The summed E-state index contributed by atoms with van der Waals surface area (Å²) in [4.78, 5) is 36.9. The Balaban J connectivity index is 2.15. The molecule has 1 aliphatic carbocycles. The molecule has 0 saturated heterocycles. The van der Waals surface area contributed by atoms with E-state index in [9.17, 15) is 14.4 Å². The number of methoxy groups -OCH3 is 1. The Kier molecular flexibility index (Phi) is 6.41. The zero-order chi connectivity index (χ0) is 18.6. The van der Waals surface area contributed by atoms with E-state index in [2.05, 4.69) is 19.2 Å². The summed E-state index contributed by atoms with van der Waals surface area (Å²) >= 11 is 0. The van der Waals surface area contributed by atoms with Crippen LogP contribution in [0, 0.1) is 11.8 Å². The van der Waals surface area contributed by atoms with Crippen LogP contribution in [0.15, 0.2) is 15.7 Å². The number of aromatic nitrogens is 2. The minimum absolute atomic E-state index is 0.0680. The molecule has 1 heterocycles. The van der Waals surface area contributed by atoms with Gasteiger partial charge in [-0.15, -0.1) is 0 Å². The van der Waals surface area contributed by atoms with Gasteiger partial charge in [-0.2, -0.15) is 0 Å². The van der Waals surface area contributed by atoms with Crippen LogP contribution in [-0.4, -0.2) is 34.8 Å². The van der Waals surface area contributed by atoms with Crippen LogP contribution in [0.2, 0.25) is 0 Å². The van der Waals surface area contributed by atoms with Gasteiger partial charge >= 0.3 is 5.69 Å². The first-order valence-corrected chi connectivity index (χ1v) is 8.73. The molecule has 3 atom stereocenters. The molecule has 140 valence electrons. The van der Waals surface area contributed by atoms with Crippen molar-refractivity contribution in [3.05, 3.63) is 26.9 Å². The second-order valence-electron chi connectivity index (χ2n) is 6.86. The Morgan fingerprint density at radius 1 is 1.32 bits per heavy atom. The Labute approximate surface area is 147 Å². The zero-order valence-electron chi connectivity index (χ0n) is 15.2. The summed E-state index contributed by atoms with van der Waals surface area (Å²) in [5.41, 5.74) is 4.57. The van der Waals surface area contributed by atoms with Gasteiger partial charge in [-0.25, -0.2) is 4.79 Å². The lowest BCUT2D eigenvalue weighted by Gasteiger charge is -2.34. The van der Waals surface area contributed by atoms with Crippen molar-refractivity contribution in [3.63, 3.8) is 0 Å². The highest BCUT2D eigenvalue weighted by molar-refractivity contribution is 5.76. The van der Waals surface area contributed by atoms with Crippen molar-refractivity contribution in [2.75, 3.05) is 19.5 Å². The molecule has 8 heteroatoms. The Morgan fingerprint density at radius 3 is 2.72 bits per heavy atom. The van der Waals surface area contributed by atoms with E-state index in [1.165, 1.54) is 11.7 Å². The molecular formula is C17H28N4O4. The summed E-state index contributed by atoms with van der Waals surface area (Å²) in [7, 11) is 1.51. The Hall–Kier alpha value is -2.09. The molecule has 0 radical (unpaired) electrons. The maximum atomic E-state index is 12.5. The number of rotatable bonds is 6. The van der Waals surface area contributed by atoms with E-state index < -0.39 is 11.2 Å². The zero-order valence-corrected chi connectivity index (χ0v) is 15.2. The highest BCUT2D eigenvalue weighted by Crippen LogP contribution is 2.29. The molecule has 25 heavy (non-hydrogen) atoms. The van der Waals surface area contributed by atoms with Crippen molar-refractivity contribution in [2.24, 2.45) is 11.8 Å². The van der Waals surface area contributed by atoms with Crippen LogP contribution in [0.1, 0.15) is 33.1 Å². The van der Waals surface area contributed by atoms with E-state index in [0.717, 1.165) is 29.9 Å². The molecule has 0 aliphatic heterocycles. The van der Waals surface area contributed by atoms with Crippen LogP contribution >= 0.6 is 0 Å². The van der Waals surface area contributed by atoms with Gasteiger partial charge in [-0.1, -0.05) is 26.7 Å². The molecule has 1 aliphatic rings. The van der Waals surface area contributed by atoms with Crippen molar-refractivity contribution in [3.8, 4) is 0 Å². The van der Waals surface area contributed by atoms with E-state index in [4.69, 9.17) is 10.5 Å². The van der Waals surface area contributed by atoms with Gasteiger partial charge in [-0.05, 0) is 18.3 Å². The monoisotopic (exact) mass is 352 g/mol. The highest BCUT2D eigenvalue weighted by atomic mass is 16.5. The predicted molar refractivity (Wildman–Crippen MR) is 95.4 cm³/mol. The van der Waals surface area contributed by atoms with Gasteiger partial charge in [0.05, 0.1) is 13.2 Å². The van der Waals surface area contributed by atoms with E-state index >= 15 is 0 Å². The summed E-state index contributed by atoms with van der Waals surface area (Å²) in [6, 6.07) is 1.24. The molecule has 1 saturated carbocycles. The second kappa shape index (κ2) is 8.33. The first-order chi connectivity index (χ1) is 11.8. The average molecular weight is 352 g/mol. The summed E-state index contributed by atoms with van der Waals surface area (Å²) < 4.78 is 7.10. The largest absolute Gasteiger partial charge is 0.385 e.